The lowest BCUT2D eigenvalue weighted by atomic mass is 10.2. The zero-order valence-electron chi connectivity index (χ0n) is 8.48. The van der Waals surface area contributed by atoms with Gasteiger partial charge in [-0.2, -0.15) is 0 Å². The number of aromatic nitrogens is 2. The molecule has 3 rings (SSSR count). The van der Waals surface area contributed by atoms with Gasteiger partial charge in [0.05, 0.1) is 11.0 Å². The van der Waals surface area contributed by atoms with Gasteiger partial charge in [-0.25, -0.2) is 0 Å². The average molecular weight is 232 g/mol. The zero-order valence-corrected chi connectivity index (χ0v) is 9.30. The molecule has 0 aliphatic rings. The van der Waals surface area contributed by atoms with Gasteiger partial charge in [-0.15, -0.1) is 0 Å². The van der Waals surface area contributed by atoms with Crippen LogP contribution in [0.25, 0.3) is 21.1 Å². The van der Waals surface area contributed by atoms with Gasteiger partial charge in [-0.05, 0) is 6.07 Å². The Labute approximate surface area is 93.8 Å². The number of hydrogen-bond donors (Lipinski definition) is 1. The SMILES string of the molecule is Cn1c(=O)c2sc(=O)[nH]c2c2ccccc21. The summed E-state index contributed by atoms with van der Waals surface area (Å²) in [7, 11) is 1.72. The molecule has 0 aliphatic heterocycles. The minimum Gasteiger partial charge on any atom is -0.311 e. The fraction of sp³-hybridized carbons (Fsp3) is 0.0909. The van der Waals surface area contributed by atoms with Crippen molar-refractivity contribution in [1.29, 1.82) is 0 Å². The number of benzene rings is 1. The van der Waals surface area contributed by atoms with Crippen molar-refractivity contribution < 1.29 is 0 Å². The minimum absolute atomic E-state index is 0.128. The smallest absolute Gasteiger partial charge is 0.305 e. The summed E-state index contributed by atoms with van der Waals surface area (Å²) < 4.78 is 2.06. The Hall–Kier alpha value is -1.88. The van der Waals surface area contributed by atoms with Crippen LogP contribution in [-0.4, -0.2) is 9.55 Å². The number of thiazole rings is 1. The maximum Gasteiger partial charge on any atom is 0.305 e. The van der Waals surface area contributed by atoms with E-state index >= 15 is 0 Å². The van der Waals surface area contributed by atoms with Gasteiger partial charge in [-0.3, -0.25) is 9.59 Å². The third-order valence-electron chi connectivity index (χ3n) is 2.68. The number of pyridine rings is 1. The monoisotopic (exact) mass is 232 g/mol. The molecular formula is C11H8N2O2S. The Bertz CT molecular complexity index is 810. The maximum atomic E-state index is 12.0. The topological polar surface area (TPSA) is 54.9 Å². The first-order valence-corrected chi connectivity index (χ1v) is 5.60. The van der Waals surface area contributed by atoms with Gasteiger partial charge in [0.1, 0.15) is 4.70 Å². The van der Waals surface area contributed by atoms with Gasteiger partial charge in [-0.1, -0.05) is 29.5 Å². The highest BCUT2D eigenvalue weighted by Crippen LogP contribution is 2.21. The van der Waals surface area contributed by atoms with Crippen molar-refractivity contribution in [3.63, 3.8) is 0 Å². The molecule has 0 saturated carbocycles. The Morgan fingerprint density at radius 3 is 2.81 bits per heavy atom. The number of H-pyrrole nitrogens is 1. The molecule has 0 unspecified atom stereocenters. The lowest BCUT2D eigenvalue weighted by Gasteiger charge is -2.04. The first kappa shape index (κ1) is 9.35. The lowest BCUT2D eigenvalue weighted by Crippen LogP contribution is -2.16. The molecule has 1 aromatic carbocycles. The van der Waals surface area contributed by atoms with Crippen molar-refractivity contribution in [2.75, 3.05) is 0 Å². The van der Waals surface area contributed by atoms with Gasteiger partial charge in [0.2, 0.25) is 0 Å². The number of rotatable bonds is 0. The molecule has 0 fully saturated rings. The number of para-hydroxylation sites is 1. The van der Waals surface area contributed by atoms with E-state index in [1.165, 1.54) is 0 Å². The van der Waals surface area contributed by atoms with Crippen molar-refractivity contribution in [2.45, 2.75) is 0 Å². The van der Waals surface area contributed by atoms with Crippen molar-refractivity contribution in [3.05, 3.63) is 44.3 Å². The van der Waals surface area contributed by atoms with Gasteiger partial charge in [0, 0.05) is 12.4 Å². The van der Waals surface area contributed by atoms with Gasteiger partial charge >= 0.3 is 4.87 Å². The summed E-state index contributed by atoms with van der Waals surface area (Å²) in [6.07, 6.45) is 0. The highest BCUT2D eigenvalue weighted by molar-refractivity contribution is 7.16. The normalized spacial score (nSPS) is 11.3. The van der Waals surface area contributed by atoms with E-state index < -0.39 is 0 Å². The average Bonchev–Trinajstić information content (AvgIpc) is 2.68. The van der Waals surface area contributed by atoms with Crippen LogP contribution in [0.2, 0.25) is 0 Å². The molecule has 5 heteroatoms. The van der Waals surface area contributed by atoms with Crippen LogP contribution in [0, 0.1) is 0 Å². The van der Waals surface area contributed by atoms with Crippen LogP contribution in [0.15, 0.2) is 33.9 Å². The molecule has 4 nitrogen and oxygen atoms in total. The molecule has 0 bridgehead atoms. The summed E-state index contributed by atoms with van der Waals surface area (Å²) in [4.78, 5) is 25.8. The van der Waals surface area contributed by atoms with E-state index in [0.717, 1.165) is 22.2 Å². The summed E-state index contributed by atoms with van der Waals surface area (Å²) in [5.41, 5.74) is 1.35. The second-order valence-corrected chi connectivity index (χ2v) is 4.58. The van der Waals surface area contributed by atoms with Crippen LogP contribution in [0.5, 0.6) is 0 Å². The fourth-order valence-corrected chi connectivity index (χ4v) is 2.73. The Morgan fingerprint density at radius 1 is 1.25 bits per heavy atom. The molecule has 0 saturated heterocycles. The third-order valence-corrected chi connectivity index (χ3v) is 3.55. The molecule has 0 atom stereocenters. The highest BCUT2D eigenvalue weighted by Gasteiger charge is 2.10. The third kappa shape index (κ3) is 1.09. The zero-order chi connectivity index (χ0) is 11.3. The van der Waals surface area contributed by atoms with Gasteiger partial charge in [0.25, 0.3) is 5.56 Å². The number of nitrogens with zero attached hydrogens (tertiary/aromatic N) is 1. The first-order valence-electron chi connectivity index (χ1n) is 4.79. The van der Waals surface area contributed by atoms with E-state index in [1.54, 1.807) is 11.6 Å². The Balaban J connectivity index is 2.79. The van der Waals surface area contributed by atoms with E-state index in [2.05, 4.69) is 4.98 Å². The maximum absolute atomic E-state index is 12.0. The van der Waals surface area contributed by atoms with Crippen LogP contribution in [0.3, 0.4) is 0 Å². The molecule has 0 spiro atoms. The number of aromatic amines is 1. The molecule has 0 amide bonds. The predicted molar refractivity (Wildman–Crippen MR) is 65.2 cm³/mol. The van der Waals surface area contributed by atoms with Crippen molar-refractivity contribution in [3.8, 4) is 0 Å². The highest BCUT2D eigenvalue weighted by atomic mass is 32.1. The molecule has 2 aromatic heterocycles. The molecule has 1 N–H and O–H groups in total. The molecule has 80 valence electrons. The van der Waals surface area contributed by atoms with E-state index in [0.29, 0.717) is 10.2 Å². The van der Waals surface area contributed by atoms with Crippen molar-refractivity contribution in [2.24, 2.45) is 7.05 Å². The largest absolute Gasteiger partial charge is 0.311 e. The molecular weight excluding hydrogens is 224 g/mol. The summed E-state index contributed by atoms with van der Waals surface area (Å²) in [5, 5.41) is 0.901. The van der Waals surface area contributed by atoms with Crippen molar-refractivity contribution in [1.82, 2.24) is 9.55 Å². The second-order valence-electron chi connectivity index (χ2n) is 3.60. The van der Waals surface area contributed by atoms with Crippen LogP contribution < -0.4 is 10.4 Å². The molecule has 3 aromatic rings. The van der Waals surface area contributed by atoms with Crippen LogP contribution in [0.1, 0.15) is 0 Å². The molecule has 16 heavy (non-hydrogen) atoms. The van der Waals surface area contributed by atoms with Gasteiger partial charge in [0.15, 0.2) is 0 Å². The van der Waals surface area contributed by atoms with E-state index in [-0.39, 0.29) is 10.4 Å². The Morgan fingerprint density at radius 2 is 2.00 bits per heavy atom. The molecule has 2 heterocycles. The number of aryl methyl sites for hydroxylation is 1. The van der Waals surface area contributed by atoms with Crippen LogP contribution in [0.4, 0.5) is 0 Å². The minimum atomic E-state index is -0.191. The predicted octanol–water partition coefficient (Wildman–Crippen LogP) is 1.44. The van der Waals surface area contributed by atoms with E-state index in [4.69, 9.17) is 0 Å². The summed E-state index contributed by atoms with van der Waals surface area (Å²) in [6.45, 7) is 0. The standard InChI is InChI=1S/C11H8N2O2S/c1-13-7-5-3-2-4-6(7)8-9(10(13)14)16-11(15)12-8/h2-5H,1H3,(H,12,15). The molecule has 0 aliphatic carbocycles. The lowest BCUT2D eigenvalue weighted by molar-refractivity contribution is 0.920. The number of fused-ring (bicyclic) bond motifs is 3. The second kappa shape index (κ2) is 3.05. The number of hydrogen-bond acceptors (Lipinski definition) is 3. The first-order chi connectivity index (χ1) is 7.68. The van der Waals surface area contributed by atoms with Gasteiger partial charge < -0.3 is 9.55 Å². The number of nitrogens with one attached hydrogen (secondary N) is 1. The van der Waals surface area contributed by atoms with E-state index in [1.807, 2.05) is 24.3 Å². The fourth-order valence-electron chi connectivity index (χ4n) is 1.91. The quantitative estimate of drug-likeness (QED) is 0.637. The Kier molecular flexibility index (Phi) is 1.79. The summed E-state index contributed by atoms with van der Waals surface area (Å²) >= 11 is 0.963. The van der Waals surface area contributed by atoms with Crippen molar-refractivity contribution >= 4 is 32.5 Å². The summed E-state index contributed by atoms with van der Waals surface area (Å²) in [5.74, 6) is 0. The molecule has 0 radical (unpaired) electrons. The van der Waals surface area contributed by atoms with Crippen LogP contribution in [-0.2, 0) is 7.05 Å². The van der Waals surface area contributed by atoms with E-state index in [9.17, 15) is 9.59 Å². The van der Waals surface area contributed by atoms with Crippen LogP contribution >= 0.6 is 11.3 Å². The summed E-state index contributed by atoms with van der Waals surface area (Å²) in [6, 6.07) is 7.53.